The van der Waals surface area contributed by atoms with Crippen LogP contribution in [0.2, 0.25) is 0 Å². The number of rotatable bonds is 3. The van der Waals surface area contributed by atoms with Crippen molar-refractivity contribution in [3.63, 3.8) is 0 Å². The van der Waals surface area contributed by atoms with Gasteiger partial charge in [0.25, 0.3) is 0 Å². The molecule has 0 N–H and O–H groups in total. The van der Waals surface area contributed by atoms with E-state index in [1.807, 2.05) is 31.2 Å². The van der Waals surface area contributed by atoms with Gasteiger partial charge in [-0.1, -0.05) is 43.3 Å². The summed E-state index contributed by atoms with van der Waals surface area (Å²) in [5.74, 6) is 0.0760. The second-order valence-corrected chi connectivity index (χ2v) is 4.01. The van der Waals surface area contributed by atoms with Gasteiger partial charge in [0.1, 0.15) is 0 Å². The quantitative estimate of drug-likeness (QED) is 0.708. The zero-order chi connectivity index (χ0) is 10.7. The molecule has 1 radical (unpaired) electrons. The van der Waals surface area contributed by atoms with Crippen molar-refractivity contribution in [3.8, 4) is 0 Å². The molecule has 1 unspecified atom stereocenters. The van der Waals surface area contributed by atoms with Gasteiger partial charge in [-0.25, -0.2) is 0 Å². The predicted molar refractivity (Wildman–Crippen MR) is 61.6 cm³/mol. The number of hydrogen-bond acceptors (Lipinski definition) is 0. The topological polar surface area (TPSA) is 0 Å². The monoisotopic (exact) mass is 201 g/mol. The molecule has 0 aliphatic rings. The summed E-state index contributed by atoms with van der Waals surface area (Å²) in [6, 6.07) is 15.4. The molecule has 0 nitrogen and oxygen atoms in total. The molecule has 77 valence electrons. The van der Waals surface area contributed by atoms with Crippen LogP contribution in [-0.4, -0.2) is 6.67 Å². The standard InChI is InChI=1S/C14H14F/c1-11(10-15)9-13-7-4-6-12-5-2-3-8-14(12)13/h2-6,8,11H,9-10H2,1H3. The Hall–Kier alpha value is -1.37. The van der Waals surface area contributed by atoms with Crippen LogP contribution < -0.4 is 0 Å². The Bertz CT molecular complexity index is 443. The third-order valence-corrected chi connectivity index (χ3v) is 2.62. The van der Waals surface area contributed by atoms with E-state index >= 15 is 0 Å². The molecule has 1 atom stereocenters. The molecule has 0 amide bonds. The molecule has 0 aliphatic carbocycles. The molecule has 2 aromatic carbocycles. The molecule has 0 saturated heterocycles. The van der Waals surface area contributed by atoms with Crippen LogP contribution in [-0.2, 0) is 6.42 Å². The average Bonchev–Trinajstić information content (AvgIpc) is 2.29. The third kappa shape index (κ3) is 2.17. The lowest BCUT2D eigenvalue weighted by atomic mass is 9.97. The smallest absolute Gasteiger partial charge is 0.0923 e. The van der Waals surface area contributed by atoms with Gasteiger partial charge in [-0.3, -0.25) is 4.39 Å². The highest BCUT2D eigenvalue weighted by Crippen LogP contribution is 2.20. The summed E-state index contributed by atoms with van der Waals surface area (Å²) >= 11 is 0. The first-order valence-electron chi connectivity index (χ1n) is 5.25. The Morgan fingerprint density at radius 2 is 2.07 bits per heavy atom. The third-order valence-electron chi connectivity index (χ3n) is 2.62. The molecule has 0 aliphatic heterocycles. The Balaban J connectivity index is 2.42. The first-order valence-corrected chi connectivity index (χ1v) is 5.25. The highest BCUT2D eigenvalue weighted by atomic mass is 19.1. The molecule has 0 saturated carbocycles. The zero-order valence-corrected chi connectivity index (χ0v) is 8.83. The maximum atomic E-state index is 12.5. The molecule has 1 heteroatoms. The molecule has 2 aromatic rings. The van der Waals surface area contributed by atoms with Crippen LogP contribution in [0.25, 0.3) is 10.8 Å². The Morgan fingerprint density at radius 3 is 2.87 bits per heavy atom. The lowest BCUT2D eigenvalue weighted by Crippen LogP contribution is -2.02. The van der Waals surface area contributed by atoms with Crippen LogP contribution in [0.3, 0.4) is 0 Å². The fourth-order valence-corrected chi connectivity index (χ4v) is 1.80. The van der Waals surface area contributed by atoms with Gasteiger partial charge in [-0.05, 0) is 34.7 Å². The fraction of sp³-hybridized carbons (Fsp3) is 0.286. The van der Waals surface area contributed by atoms with Crippen LogP contribution >= 0.6 is 0 Å². The van der Waals surface area contributed by atoms with E-state index in [1.54, 1.807) is 0 Å². The SMILES string of the molecule is CC(CF)Cc1[c]ccc2ccccc12. The second kappa shape index (κ2) is 4.43. The van der Waals surface area contributed by atoms with E-state index in [1.165, 1.54) is 10.8 Å². The summed E-state index contributed by atoms with van der Waals surface area (Å²) in [5, 5.41) is 2.40. The van der Waals surface area contributed by atoms with Gasteiger partial charge in [0.05, 0.1) is 6.67 Å². The molecular formula is C14H14F. The van der Waals surface area contributed by atoms with Gasteiger partial charge in [-0.15, -0.1) is 0 Å². The molecule has 0 spiro atoms. The summed E-state index contributed by atoms with van der Waals surface area (Å²) in [5.41, 5.74) is 1.12. The highest BCUT2D eigenvalue weighted by molar-refractivity contribution is 5.85. The van der Waals surface area contributed by atoms with Crippen molar-refractivity contribution in [1.29, 1.82) is 0 Å². The number of benzene rings is 2. The Kier molecular flexibility index (Phi) is 3.00. The molecule has 15 heavy (non-hydrogen) atoms. The number of alkyl halides is 1. The van der Waals surface area contributed by atoms with E-state index in [0.29, 0.717) is 0 Å². The van der Waals surface area contributed by atoms with Gasteiger partial charge in [-0.2, -0.15) is 0 Å². The maximum absolute atomic E-state index is 12.5. The Labute approximate surface area is 89.7 Å². The van der Waals surface area contributed by atoms with Crippen LogP contribution in [0.4, 0.5) is 4.39 Å². The molecule has 0 bridgehead atoms. The minimum atomic E-state index is -0.267. The summed E-state index contributed by atoms with van der Waals surface area (Å²) in [6.07, 6.45) is 0.762. The average molecular weight is 201 g/mol. The van der Waals surface area contributed by atoms with E-state index < -0.39 is 0 Å². The minimum Gasteiger partial charge on any atom is -0.251 e. The minimum absolute atomic E-state index is 0.0760. The van der Waals surface area contributed by atoms with Gasteiger partial charge in [0.2, 0.25) is 0 Å². The van der Waals surface area contributed by atoms with Crippen molar-refractivity contribution in [2.75, 3.05) is 6.67 Å². The van der Waals surface area contributed by atoms with Crippen molar-refractivity contribution in [2.45, 2.75) is 13.3 Å². The Morgan fingerprint density at radius 1 is 1.27 bits per heavy atom. The maximum Gasteiger partial charge on any atom is 0.0923 e. The van der Waals surface area contributed by atoms with Crippen molar-refractivity contribution in [1.82, 2.24) is 0 Å². The van der Waals surface area contributed by atoms with E-state index in [4.69, 9.17) is 0 Å². The summed E-state index contributed by atoms with van der Waals surface area (Å²) in [4.78, 5) is 0. The van der Waals surface area contributed by atoms with E-state index in [9.17, 15) is 4.39 Å². The van der Waals surface area contributed by atoms with Gasteiger partial charge in [0.15, 0.2) is 0 Å². The normalized spacial score (nSPS) is 12.9. The second-order valence-electron chi connectivity index (χ2n) is 4.01. The summed E-state index contributed by atoms with van der Waals surface area (Å²) < 4.78 is 12.5. The van der Waals surface area contributed by atoms with Crippen LogP contribution in [0, 0.1) is 12.0 Å². The first kappa shape index (κ1) is 10.2. The number of halogens is 1. The first-order chi connectivity index (χ1) is 7.31. The van der Waals surface area contributed by atoms with Crippen molar-refractivity contribution < 1.29 is 4.39 Å². The van der Waals surface area contributed by atoms with Crippen LogP contribution in [0.5, 0.6) is 0 Å². The van der Waals surface area contributed by atoms with E-state index in [0.717, 1.165) is 12.0 Å². The molecule has 0 fully saturated rings. The van der Waals surface area contributed by atoms with Crippen molar-refractivity contribution in [2.24, 2.45) is 5.92 Å². The molecular weight excluding hydrogens is 187 g/mol. The zero-order valence-electron chi connectivity index (χ0n) is 8.83. The highest BCUT2D eigenvalue weighted by Gasteiger charge is 2.06. The van der Waals surface area contributed by atoms with Crippen LogP contribution in [0.1, 0.15) is 12.5 Å². The van der Waals surface area contributed by atoms with Gasteiger partial charge in [0, 0.05) is 0 Å². The molecule has 0 heterocycles. The van der Waals surface area contributed by atoms with Crippen LogP contribution in [0.15, 0.2) is 36.4 Å². The van der Waals surface area contributed by atoms with E-state index in [-0.39, 0.29) is 12.6 Å². The molecule has 0 aromatic heterocycles. The molecule has 2 rings (SSSR count). The summed E-state index contributed by atoms with van der Waals surface area (Å²) in [6.45, 7) is 1.66. The summed E-state index contributed by atoms with van der Waals surface area (Å²) in [7, 11) is 0. The number of fused-ring (bicyclic) bond motifs is 1. The van der Waals surface area contributed by atoms with Gasteiger partial charge >= 0.3 is 0 Å². The van der Waals surface area contributed by atoms with E-state index in [2.05, 4.69) is 18.2 Å². The lowest BCUT2D eigenvalue weighted by molar-refractivity contribution is 0.382. The van der Waals surface area contributed by atoms with Gasteiger partial charge < -0.3 is 0 Å². The van der Waals surface area contributed by atoms with Crippen molar-refractivity contribution >= 4 is 10.8 Å². The number of hydrogen-bond donors (Lipinski definition) is 0. The predicted octanol–water partition coefficient (Wildman–Crippen LogP) is 3.79. The lowest BCUT2D eigenvalue weighted by Gasteiger charge is -2.09. The fourth-order valence-electron chi connectivity index (χ4n) is 1.80. The van der Waals surface area contributed by atoms with Crippen molar-refractivity contribution in [3.05, 3.63) is 48.0 Å². The largest absolute Gasteiger partial charge is 0.251 e.